The van der Waals surface area contributed by atoms with Gasteiger partial charge in [0.05, 0.1) is 18.9 Å². The van der Waals surface area contributed by atoms with Crippen LogP contribution in [0.4, 0.5) is 8.78 Å². The molecule has 6 nitrogen and oxygen atoms in total. The first-order valence-electron chi connectivity index (χ1n) is 7.38. The van der Waals surface area contributed by atoms with E-state index in [-0.39, 0.29) is 6.61 Å². The monoisotopic (exact) mass is 385 g/mol. The van der Waals surface area contributed by atoms with Crippen molar-refractivity contribution in [3.05, 3.63) is 58.7 Å². The summed E-state index contributed by atoms with van der Waals surface area (Å²) < 4.78 is 62.3. The quantitative estimate of drug-likeness (QED) is 0.827. The summed E-state index contributed by atoms with van der Waals surface area (Å²) in [6, 6.07) is 6.61. The van der Waals surface area contributed by atoms with Gasteiger partial charge >= 0.3 is 0 Å². The van der Waals surface area contributed by atoms with Crippen molar-refractivity contribution in [3.63, 3.8) is 0 Å². The molecule has 0 aromatic heterocycles. The van der Waals surface area contributed by atoms with Gasteiger partial charge in [0.25, 0.3) is 5.91 Å². The van der Waals surface area contributed by atoms with E-state index in [9.17, 15) is 22.0 Å². The molecule has 2 aromatic carbocycles. The van der Waals surface area contributed by atoms with Gasteiger partial charge in [-0.1, -0.05) is 11.6 Å². The van der Waals surface area contributed by atoms with Crippen LogP contribution in [0.3, 0.4) is 0 Å². The number of nitrogens with one attached hydrogen (secondary N) is 1. The molecule has 26 heavy (non-hydrogen) atoms. The second-order valence-electron chi connectivity index (χ2n) is 5.57. The number of carbonyl (C=O) groups is 1. The lowest BCUT2D eigenvalue weighted by Crippen LogP contribution is -2.30. The molecule has 0 spiro atoms. The van der Waals surface area contributed by atoms with E-state index in [1.165, 1.54) is 7.11 Å². The third-order valence-corrected chi connectivity index (χ3v) is 3.92. The predicted octanol–water partition coefficient (Wildman–Crippen LogP) is 2.55. The zero-order valence-corrected chi connectivity index (χ0v) is 15.1. The topological polar surface area (TPSA) is 81.7 Å². The number of rotatable bonds is 6. The Balaban J connectivity index is 2.23. The van der Waals surface area contributed by atoms with E-state index in [2.05, 4.69) is 0 Å². The van der Waals surface area contributed by atoms with Crippen LogP contribution in [0.2, 0.25) is 0 Å². The second kappa shape index (κ2) is 7.69. The van der Waals surface area contributed by atoms with Gasteiger partial charge in [-0.05, 0) is 25.1 Å². The minimum Gasteiger partial charge on any atom is -0.496 e. The molecule has 0 heterocycles. The molecule has 0 fully saturated rings. The van der Waals surface area contributed by atoms with Crippen molar-refractivity contribution >= 4 is 15.9 Å². The molecule has 9 heteroatoms. The average Bonchev–Trinajstić information content (AvgIpc) is 2.53. The van der Waals surface area contributed by atoms with Gasteiger partial charge < -0.3 is 9.47 Å². The molecule has 1 amide bonds. The number of ether oxygens (including phenoxy) is 2. The Morgan fingerprint density at radius 1 is 1.12 bits per heavy atom. The van der Waals surface area contributed by atoms with Crippen LogP contribution in [0.25, 0.3) is 0 Å². The summed E-state index contributed by atoms with van der Waals surface area (Å²) in [5.74, 6) is -3.27. The lowest BCUT2D eigenvalue weighted by Gasteiger charge is -2.12. The number of carbonyl (C=O) groups excluding carboxylic acids is 1. The molecule has 2 rings (SSSR count). The number of methoxy groups -OCH3 is 1. The van der Waals surface area contributed by atoms with Crippen molar-refractivity contribution in [2.75, 3.05) is 13.4 Å². The minimum atomic E-state index is -3.90. The maximum atomic E-state index is 14.1. The number of sulfonamides is 1. The highest BCUT2D eigenvalue weighted by molar-refractivity contribution is 7.89. The second-order valence-corrected chi connectivity index (χ2v) is 7.32. The van der Waals surface area contributed by atoms with Crippen LogP contribution in [0.5, 0.6) is 11.5 Å². The van der Waals surface area contributed by atoms with Gasteiger partial charge in [-0.2, -0.15) is 0 Å². The normalized spacial score (nSPS) is 11.1. The summed E-state index contributed by atoms with van der Waals surface area (Å²) in [6.45, 7) is 1.77. The number of halogens is 2. The van der Waals surface area contributed by atoms with Gasteiger partial charge in [-0.15, -0.1) is 0 Å². The summed E-state index contributed by atoms with van der Waals surface area (Å²) in [7, 11) is -2.43. The molecule has 0 aliphatic heterocycles. The highest BCUT2D eigenvalue weighted by atomic mass is 32.2. The SMILES string of the molecule is COc1ccc(C)cc1COc1cc(F)c(C(=O)NS(C)(=O)=O)cc1F. The first-order chi connectivity index (χ1) is 12.1. The van der Waals surface area contributed by atoms with Crippen LogP contribution < -0.4 is 14.2 Å². The highest BCUT2D eigenvalue weighted by Crippen LogP contribution is 2.25. The fourth-order valence-corrected chi connectivity index (χ4v) is 2.66. The van der Waals surface area contributed by atoms with Crippen molar-refractivity contribution in [1.29, 1.82) is 0 Å². The Kier molecular flexibility index (Phi) is 5.81. The molecule has 0 saturated carbocycles. The highest BCUT2D eigenvalue weighted by Gasteiger charge is 2.19. The van der Waals surface area contributed by atoms with Gasteiger partial charge in [0.15, 0.2) is 11.6 Å². The van der Waals surface area contributed by atoms with Crippen LogP contribution in [0.15, 0.2) is 30.3 Å². The van der Waals surface area contributed by atoms with E-state index < -0.39 is 38.9 Å². The van der Waals surface area contributed by atoms with E-state index in [1.807, 2.05) is 13.0 Å². The van der Waals surface area contributed by atoms with Crippen molar-refractivity contribution < 1.29 is 31.5 Å². The standard InChI is InChI=1S/C17H17F2NO5S/c1-10-4-5-15(24-2)11(6-10)9-25-16-8-13(18)12(7-14(16)19)17(21)20-26(3,22)23/h4-8H,9H2,1-3H3,(H,20,21). The lowest BCUT2D eigenvalue weighted by atomic mass is 10.1. The Labute approximate surface area is 149 Å². The number of benzene rings is 2. The third kappa shape index (κ3) is 4.92. The lowest BCUT2D eigenvalue weighted by molar-refractivity contribution is 0.0977. The molecule has 140 valence electrons. The van der Waals surface area contributed by atoms with Crippen molar-refractivity contribution in [3.8, 4) is 11.5 Å². The van der Waals surface area contributed by atoms with Crippen molar-refractivity contribution in [2.24, 2.45) is 0 Å². The van der Waals surface area contributed by atoms with Gasteiger partial charge in [0.2, 0.25) is 10.0 Å². The number of hydrogen-bond donors (Lipinski definition) is 1. The molecule has 0 aliphatic carbocycles. The predicted molar refractivity (Wildman–Crippen MR) is 90.7 cm³/mol. The molecule has 0 atom stereocenters. The molecule has 0 radical (unpaired) electrons. The van der Waals surface area contributed by atoms with Crippen molar-refractivity contribution in [2.45, 2.75) is 13.5 Å². The zero-order valence-electron chi connectivity index (χ0n) is 14.3. The Hall–Kier alpha value is -2.68. The van der Waals surface area contributed by atoms with Gasteiger partial charge in [-0.3, -0.25) is 4.79 Å². The summed E-state index contributed by atoms with van der Waals surface area (Å²) >= 11 is 0. The molecule has 0 aliphatic rings. The summed E-state index contributed by atoms with van der Waals surface area (Å²) in [4.78, 5) is 11.7. The van der Waals surface area contributed by atoms with Crippen LogP contribution in [0.1, 0.15) is 21.5 Å². The third-order valence-electron chi connectivity index (χ3n) is 3.36. The molecular weight excluding hydrogens is 368 g/mol. The van der Waals surface area contributed by atoms with Crippen LogP contribution in [0, 0.1) is 18.6 Å². The first kappa shape index (κ1) is 19.6. The minimum absolute atomic E-state index is 0.0872. The largest absolute Gasteiger partial charge is 0.496 e. The van der Waals surface area contributed by atoms with Gasteiger partial charge in [-0.25, -0.2) is 21.9 Å². The summed E-state index contributed by atoms with van der Waals surface area (Å²) in [5.41, 5.74) is 0.823. The number of amides is 1. The summed E-state index contributed by atoms with van der Waals surface area (Å²) in [5, 5.41) is 0. The van der Waals surface area contributed by atoms with E-state index in [4.69, 9.17) is 9.47 Å². The molecular formula is C17H17F2NO5S. The number of aryl methyl sites for hydroxylation is 1. The maximum absolute atomic E-state index is 14.1. The van der Waals surface area contributed by atoms with E-state index >= 15 is 0 Å². The van der Waals surface area contributed by atoms with Crippen LogP contribution in [-0.4, -0.2) is 27.7 Å². The zero-order chi connectivity index (χ0) is 19.5. The van der Waals surface area contributed by atoms with Crippen LogP contribution in [-0.2, 0) is 16.6 Å². The van der Waals surface area contributed by atoms with Gasteiger partial charge in [0, 0.05) is 11.6 Å². The Morgan fingerprint density at radius 3 is 2.42 bits per heavy atom. The smallest absolute Gasteiger partial charge is 0.267 e. The first-order valence-corrected chi connectivity index (χ1v) is 9.27. The Morgan fingerprint density at radius 2 is 1.81 bits per heavy atom. The fourth-order valence-electron chi connectivity index (χ4n) is 2.21. The molecule has 0 unspecified atom stereocenters. The van der Waals surface area contributed by atoms with Crippen molar-refractivity contribution in [1.82, 2.24) is 4.72 Å². The van der Waals surface area contributed by atoms with E-state index in [0.29, 0.717) is 23.4 Å². The number of hydrogen-bond acceptors (Lipinski definition) is 5. The molecule has 1 N–H and O–H groups in total. The van der Waals surface area contributed by atoms with E-state index in [0.717, 1.165) is 11.8 Å². The Bertz CT molecular complexity index is 944. The van der Waals surface area contributed by atoms with Crippen LogP contribution >= 0.6 is 0 Å². The summed E-state index contributed by atoms with van der Waals surface area (Å²) in [6.07, 6.45) is 0.728. The fraction of sp³-hybridized carbons (Fsp3) is 0.235. The van der Waals surface area contributed by atoms with E-state index in [1.54, 1.807) is 16.9 Å². The molecule has 0 saturated heterocycles. The molecule has 0 bridgehead atoms. The van der Waals surface area contributed by atoms with Gasteiger partial charge in [0.1, 0.15) is 18.2 Å². The molecule has 2 aromatic rings. The maximum Gasteiger partial charge on any atom is 0.267 e. The average molecular weight is 385 g/mol.